The Kier molecular flexibility index (Phi) is 5.29. The van der Waals surface area contributed by atoms with E-state index in [0.29, 0.717) is 18.2 Å². The van der Waals surface area contributed by atoms with E-state index in [4.69, 9.17) is 4.74 Å². The van der Waals surface area contributed by atoms with Gasteiger partial charge in [0, 0.05) is 11.4 Å². The fourth-order valence-electron chi connectivity index (χ4n) is 3.74. The van der Waals surface area contributed by atoms with Gasteiger partial charge < -0.3 is 4.74 Å². The van der Waals surface area contributed by atoms with Crippen LogP contribution < -0.4 is 4.90 Å². The number of carbonyl (C=O) groups excluding carboxylic acids is 1. The van der Waals surface area contributed by atoms with Crippen LogP contribution in [0, 0.1) is 11.7 Å². The summed E-state index contributed by atoms with van der Waals surface area (Å²) in [5.41, 5.74) is 0.515. The average molecular weight is 439 g/mol. The van der Waals surface area contributed by atoms with Crippen LogP contribution in [-0.2, 0) is 11.3 Å². The second-order valence-electron chi connectivity index (χ2n) is 6.83. The van der Waals surface area contributed by atoms with Crippen molar-refractivity contribution in [2.75, 3.05) is 24.5 Å². The van der Waals surface area contributed by atoms with Gasteiger partial charge in [0.05, 0.1) is 16.0 Å². The summed E-state index contributed by atoms with van der Waals surface area (Å²) in [5, 5.41) is 0. The minimum atomic E-state index is -0.404. The molecule has 0 saturated carbocycles. The molecule has 0 spiro atoms. The van der Waals surface area contributed by atoms with E-state index >= 15 is 0 Å². The number of thiophene rings is 1. The summed E-state index contributed by atoms with van der Waals surface area (Å²) in [5.74, 6) is 0.0738. The lowest BCUT2D eigenvalue weighted by Crippen LogP contribution is -2.53. The number of piperidine rings is 3. The number of hydrogen-bond acceptors (Lipinski definition) is 4. The zero-order valence-corrected chi connectivity index (χ0v) is 16.6. The molecule has 4 nitrogen and oxygen atoms in total. The Bertz CT molecular complexity index is 791. The molecule has 1 atom stereocenters. The molecule has 1 aromatic heterocycles. The van der Waals surface area contributed by atoms with Crippen LogP contribution in [0.1, 0.15) is 17.7 Å². The number of halogens is 2. The van der Waals surface area contributed by atoms with E-state index < -0.39 is 6.09 Å². The molecule has 7 heteroatoms. The third-order valence-electron chi connectivity index (χ3n) is 5.13. The summed E-state index contributed by atoms with van der Waals surface area (Å²) >= 11 is 5.00. The maximum absolute atomic E-state index is 13.7. The molecule has 1 unspecified atom stereocenters. The van der Waals surface area contributed by atoms with Gasteiger partial charge in [0.1, 0.15) is 11.9 Å². The number of ether oxygens (including phenoxy) is 1. The lowest BCUT2D eigenvalue weighted by atomic mass is 9.86. The third kappa shape index (κ3) is 3.94. The number of benzene rings is 1. The first-order chi connectivity index (χ1) is 12.6. The Morgan fingerprint density at radius 3 is 2.73 bits per heavy atom. The number of amides is 1. The Balaban J connectivity index is 1.54. The van der Waals surface area contributed by atoms with Gasteiger partial charge in [-0.15, -0.1) is 11.3 Å². The van der Waals surface area contributed by atoms with Gasteiger partial charge in [0.15, 0.2) is 0 Å². The number of fused-ring (bicyclic) bond motifs is 3. The van der Waals surface area contributed by atoms with Gasteiger partial charge in [0.25, 0.3) is 0 Å². The Labute approximate surface area is 164 Å². The third-order valence-corrected chi connectivity index (χ3v) is 6.74. The largest absolute Gasteiger partial charge is 0.444 e. The van der Waals surface area contributed by atoms with Crippen LogP contribution in [0.15, 0.2) is 40.2 Å². The maximum atomic E-state index is 13.7. The molecule has 5 rings (SSSR count). The molecule has 4 heterocycles. The molecule has 0 radical (unpaired) electrons. The highest BCUT2D eigenvalue weighted by atomic mass is 79.9. The van der Waals surface area contributed by atoms with Crippen molar-refractivity contribution in [2.45, 2.75) is 25.5 Å². The lowest BCUT2D eigenvalue weighted by Gasteiger charge is -2.44. The zero-order chi connectivity index (χ0) is 18.1. The van der Waals surface area contributed by atoms with Gasteiger partial charge in [-0.3, -0.25) is 9.80 Å². The van der Waals surface area contributed by atoms with Crippen LogP contribution in [0.5, 0.6) is 0 Å². The predicted molar refractivity (Wildman–Crippen MR) is 104 cm³/mol. The van der Waals surface area contributed by atoms with Crippen molar-refractivity contribution in [1.29, 1.82) is 0 Å². The highest BCUT2D eigenvalue weighted by Crippen LogP contribution is 2.31. The van der Waals surface area contributed by atoms with Crippen LogP contribution in [-0.4, -0.2) is 36.7 Å². The second-order valence-corrected chi connectivity index (χ2v) is 9.38. The van der Waals surface area contributed by atoms with Crippen LogP contribution in [0.3, 0.4) is 0 Å². The zero-order valence-electron chi connectivity index (χ0n) is 14.2. The smallest absolute Gasteiger partial charge is 0.414 e. The molecule has 0 N–H and O–H groups in total. The quantitative estimate of drug-likeness (QED) is 0.681. The standard InChI is InChI=1S/C19H20BrFN2O2S/c20-18-5-4-16(26-18)11-23(15-3-1-2-14(21)10-15)19(24)25-17-12-22-8-6-13(17)7-9-22/h1-5,10,13,17H,6-9,11-12H2. The van der Waals surface area contributed by atoms with Gasteiger partial charge in [-0.25, -0.2) is 9.18 Å². The fraction of sp³-hybridized carbons (Fsp3) is 0.421. The van der Waals surface area contributed by atoms with Crippen molar-refractivity contribution in [3.8, 4) is 0 Å². The molecule has 2 aromatic rings. The summed E-state index contributed by atoms with van der Waals surface area (Å²) in [6.45, 7) is 3.35. The highest BCUT2D eigenvalue weighted by Gasteiger charge is 2.37. The van der Waals surface area contributed by atoms with Crippen molar-refractivity contribution >= 4 is 39.0 Å². The lowest BCUT2D eigenvalue weighted by molar-refractivity contribution is -0.0311. The summed E-state index contributed by atoms with van der Waals surface area (Å²) in [6.07, 6.45) is 1.68. The summed E-state index contributed by atoms with van der Waals surface area (Å²) < 4.78 is 20.6. The highest BCUT2D eigenvalue weighted by molar-refractivity contribution is 9.11. The van der Waals surface area contributed by atoms with Crippen molar-refractivity contribution in [1.82, 2.24) is 4.90 Å². The van der Waals surface area contributed by atoms with Crippen LogP contribution in [0.25, 0.3) is 0 Å². The molecule has 3 aliphatic rings. The maximum Gasteiger partial charge on any atom is 0.414 e. The van der Waals surface area contributed by atoms with Crippen LogP contribution >= 0.6 is 27.3 Å². The monoisotopic (exact) mass is 438 g/mol. The van der Waals surface area contributed by atoms with E-state index in [1.807, 2.05) is 12.1 Å². The number of anilines is 1. The summed E-state index contributed by atoms with van der Waals surface area (Å²) in [4.78, 5) is 17.8. The Morgan fingerprint density at radius 2 is 2.12 bits per heavy atom. The summed E-state index contributed by atoms with van der Waals surface area (Å²) in [6, 6.07) is 10.0. The number of carbonyl (C=O) groups is 1. The summed E-state index contributed by atoms with van der Waals surface area (Å²) in [7, 11) is 0. The Hall–Kier alpha value is -1.44. The minimum absolute atomic E-state index is 0.0730. The SMILES string of the molecule is O=C(OC1CN2CCC1CC2)N(Cc1ccc(Br)s1)c1cccc(F)c1. The molecular formula is C19H20BrFN2O2S. The molecule has 138 valence electrons. The second kappa shape index (κ2) is 7.66. The van der Waals surface area contributed by atoms with Gasteiger partial charge >= 0.3 is 6.09 Å². The van der Waals surface area contributed by atoms with E-state index in [9.17, 15) is 9.18 Å². The minimum Gasteiger partial charge on any atom is -0.444 e. The first-order valence-electron chi connectivity index (χ1n) is 8.79. The molecule has 1 amide bonds. The predicted octanol–water partition coefficient (Wildman–Crippen LogP) is 4.89. The molecule has 2 bridgehead atoms. The van der Waals surface area contributed by atoms with E-state index in [0.717, 1.165) is 41.1 Å². The van der Waals surface area contributed by atoms with E-state index in [2.05, 4.69) is 20.8 Å². The van der Waals surface area contributed by atoms with Crippen LogP contribution in [0.2, 0.25) is 0 Å². The molecular weight excluding hydrogens is 419 g/mol. The van der Waals surface area contributed by atoms with Crippen molar-refractivity contribution < 1.29 is 13.9 Å². The molecule has 0 aliphatic carbocycles. The van der Waals surface area contributed by atoms with Crippen LogP contribution in [0.4, 0.5) is 14.9 Å². The first-order valence-corrected chi connectivity index (χ1v) is 10.4. The number of nitrogens with zero attached hydrogens (tertiary/aromatic N) is 2. The van der Waals surface area contributed by atoms with E-state index in [1.165, 1.54) is 17.0 Å². The van der Waals surface area contributed by atoms with Gasteiger partial charge in [-0.1, -0.05) is 6.07 Å². The van der Waals surface area contributed by atoms with Crippen molar-refractivity contribution in [3.05, 3.63) is 50.9 Å². The number of hydrogen-bond donors (Lipinski definition) is 0. The number of rotatable bonds is 4. The van der Waals surface area contributed by atoms with Gasteiger partial charge in [-0.2, -0.15) is 0 Å². The normalized spacial score (nSPS) is 24.5. The van der Waals surface area contributed by atoms with E-state index in [1.54, 1.807) is 23.5 Å². The fourth-order valence-corrected chi connectivity index (χ4v) is 5.21. The van der Waals surface area contributed by atoms with Gasteiger partial charge in [0.2, 0.25) is 0 Å². The Morgan fingerprint density at radius 1 is 1.31 bits per heavy atom. The molecule has 3 saturated heterocycles. The molecule has 3 aliphatic heterocycles. The topological polar surface area (TPSA) is 32.8 Å². The van der Waals surface area contributed by atoms with E-state index in [-0.39, 0.29) is 11.9 Å². The van der Waals surface area contributed by atoms with Crippen molar-refractivity contribution in [3.63, 3.8) is 0 Å². The van der Waals surface area contributed by atoms with Gasteiger partial charge in [-0.05, 0) is 78.1 Å². The average Bonchev–Trinajstić information content (AvgIpc) is 3.05. The first kappa shape index (κ1) is 17.9. The molecule has 3 fully saturated rings. The molecule has 26 heavy (non-hydrogen) atoms. The van der Waals surface area contributed by atoms with Crippen molar-refractivity contribution in [2.24, 2.45) is 5.92 Å². The molecule has 1 aromatic carbocycles.